The van der Waals surface area contributed by atoms with E-state index in [9.17, 15) is 19.4 Å². The van der Waals surface area contributed by atoms with Crippen molar-refractivity contribution in [3.05, 3.63) is 72.9 Å². The molecule has 0 rings (SSSR count). The molecular formula is C43H76NO8P. The van der Waals surface area contributed by atoms with Crippen LogP contribution in [-0.4, -0.2) is 61.1 Å². The molecule has 9 nitrogen and oxygen atoms in total. The molecule has 3 unspecified atom stereocenters. The second-order valence-corrected chi connectivity index (χ2v) is 14.8. The maximum Gasteiger partial charge on any atom is 0.472 e. The predicted octanol–water partition coefficient (Wildman–Crippen LogP) is 10.9. The lowest BCUT2D eigenvalue weighted by atomic mass is 10.0. The minimum Gasteiger partial charge on any atom is -0.457 e. The summed E-state index contributed by atoms with van der Waals surface area (Å²) in [5.41, 5.74) is 5.35. The van der Waals surface area contributed by atoms with Crippen LogP contribution in [0.4, 0.5) is 0 Å². The van der Waals surface area contributed by atoms with Gasteiger partial charge in [0.25, 0.3) is 0 Å². The van der Waals surface area contributed by atoms with Gasteiger partial charge in [0.1, 0.15) is 6.10 Å². The number of nitrogens with two attached hydrogens (primary N) is 1. The molecule has 0 aromatic rings. The molecule has 0 saturated heterocycles. The minimum atomic E-state index is -4.31. The third-order valence-electron chi connectivity index (χ3n) is 8.23. The van der Waals surface area contributed by atoms with Crippen molar-refractivity contribution in [1.29, 1.82) is 0 Å². The number of esters is 1. The van der Waals surface area contributed by atoms with Crippen molar-refractivity contribution in [1.82, 2.24) is 0 Å². The summed E-state index contributed by atoms with van der Waals surface area (Å²) in [5, 5.41) is 10.1. The van der Waals surface area contributed by atoms with Crippen molar-refractivity contribution in [3.8, 4) is 0 Å². The zero-order chi connectivity index (χ0) is 38.9. The third kappa shape index (κ3) is 39.4. The molecule has 0 radical (unpaired) electrons. The Morgan fingerprint density at radius 1 is 0.679 bits per heavy atom. The number of hydrogen-bond acceptors (Lipinski definition) is 8. The van der Waals surface area contributed by atoms with Crippen molar-refractivity contribution >= 4 is 13.8 Å². The maximum absolute atomic E-state index is 12.5. The fraction of sp³-hybridized carbons (Fsp3) is 0.698. The summed E-state index contributed by atoms with van der Waals surface area (Å²) in [6.07, 6.45) is 45.2. The molecule has 0 bridgehead atoms. The summed E-state index contributed by atoms with van der Waals surface area (Å²) in [7, 11) is -4.31. The van der Waals surface area contributed by atoms with Crippen LogP contribution in [0.2, 0.25) is 0 Å². The van der Waals surface area contributed by atoms with E-state index in [4.69, 9.17) is 24.3 Å². The lowest BCUT2D eigenvalue weighted by Crippen LogP contribution is -2.28. The van der Waals surface area contributed by atoms with Crippen LogP contribution in [0.1, 0.15) is 149 Å². The average molecular weight is 766 g/mol. The zero-order valence-corrected chi connectivity index (χ0v) is 34.2. The quantitative estimate of drug-likeness (QED) is 0.0184. The van der Waals surface area contributed by atoms with E-state index >= 15 is 0 Å². The number of hydrogen-bond donors (Lipinski definition) is 3. The maximum atomic E-state index is 12.5. The average Bonchev–Trinajstić information content (AvgIpc) is 3.14. The van der Waals surface area contributed by atoms with Crippen LogP contribution < -0.4 is 5.73 Å². The number of aliphatic hydroxyl groups is 1. The number of unbranched alkanes of at least 4 members (excludes halogenated alkanes) is 13. The molecule has 10 heteroatoms. The summed E-state index contributed by atoms with van der Waals surface area (Å²) in [5.74, 6) is -0.446. The smallest absolute Gasteiger partial charge is 0.457 e. The third-order valence-corrected chi connectivity index (χ3v) is 9.22. The van der Waals surface area contributed by atoms with E-state index in [0.717, 1.165) is 32.1 Å². The van der Waals surface area contributed by atoms with Crippen LogP contribution in [0.5, 0.6) is 0 Å². The predicted molar refractivity (Wildman–Crippen MR) is 221 cm³/mol. The first-order chi connectivity index (χ1) is 25.8. The highest BCUT2D eigenvalue weighted by molar-refractivity contribution is 7.47. The molecule has 3 atom stereocenters. The van der Waals surface area contributed by atoms with E-state index in [1.807, 2.05) is 36.5 Å². The molecule has 0 spiro atoms. The molecule has 0 aromatic heterocycles. The molecule has 0 aliphatic rings. The number of phosphoric ester groups is 1. The summed E-state index contributed by atoms with van der Waals surface area (Å²) >= 11 is 0. The standard InChI is InChI=1S/C43H76NO8P/c1-3-5-7-9-11-13-15-16-17-18-20-24-28-32-37-49-39-42(40-51-53(47,48)50-38-36-44)52-43(46)35-31-27-23-22-26-30-34-41(45)33-29-25-21-19-14-12-10-8-6-4-2/h6,8,12,14,21,23,25-27,29-30,33,41-42,45H,3-5,7,9-11,13,15-20,22,24,28,31-32,34-40,44H2,1-2H3,(H,47,48)/b8-6-,14-12-,25-21-,27-23-,30-26-,33-29+. The van der Waals surface area contributed by atoms with Gasteiger partial charge in [-0.2, -0.15) is 0 Å². The molecule has 53 heavy (non-hydrogen) atoms. The topological polar surface area (TPSA) is 138 Å². The van der Waals surface area contributed by atoms with Crippen molar-refractivity contribution in [3.63, 3.8) is 0 Å². The molecule has 0 aliphatic carbocycles. The number of allylic oxidation sites excluding steroid dienone is 10. The van der Waals surface area contributed by atoms with E-state index in [1.165, 1.54) is 77.0 Å². The number of ether oxygens (including phenoxy) is 2. The highest BCUT2D eigenvalue weighted by Gasteiger charge is 2.25. The first-order valence-corrected chi connectivity index (χ1v) is 22.0. The van der Waals surface area contributed by atoms with Gasteiger partial charge in [0.2, 0.25) is 0 Å². The molecule has 0 amide bonds. The van der Waals surface area contributed by atoms with Crippen molar-refractivity contribution in [2.45, 2.75) is 161 Å². The van der Waals surface area contributed by atoms with Crippen LogP contribution in [0.25, 0.3) is 0 Å². The normalized spacial score (nSPS) is 14.9. The molecule has 306 valence electrons. The summed E-state index contributed by atoms with van der Waals surface area (Å²) < 4.78 is 33.2. The lowest BCUT2D eigenvalue weighted by Gasteiger charge is -2.20. The number of aliphatic hydroxyl groups excluding tert-OH is 1. The number of carbonyl (C=O) groups is 1. The number of phosphoric acid groups is 1. The SMILES string of the molecule is CC/C=C\C/C=C\C/C=C\C=C\C(O)C/C=C\C/C=C\CCC(=O)OC(COCCCCCCCCCCCCCCCC)COP(=O)(O)OCCN. The Bertz CT molecular complexity index is 1050. The molecule has 0 fully saturated rings. The second kappa shape index (κ2) is 39.6. The fourth-order valence-electron chi connectivity index (χ4n) is 5.22. The van der Waals surface area contributed by atoms with Gasteiger partial charge in [-0.15, -0.1) is 0 Å². The molecular weight excluding hydrogens is 689 g/mol. The first kappa shape index (κ1) is 50.9. The highest BCUT2D eigenvalue weighted by Crippen LogP contribution is 2.43. The van der Waals surface area contributed by atoms with E-state index in [-0.39, 0.29) is 32.8 Å². The highest BCUT2D eigenvalue weighted by atomic mass is 31.2. The fourth-order valence-corrected chi connectivity index (χ4v) is 5.99. The summed E-state index contributed by atoms with van der Waals surface area (Å²) in [6, 6.07) is 0. The van der Waals surface area contributed by atoms with Crippen molar-refractivity contribution < 1.29 is 37.9 Å². The van der Waals surface area contributed by atoms with Gasteiger partial charge in [0.05, 0.1) is 25.9 Å². The largest absolute Gasteiger partial charge is 0.472 e. The zero-order valence-electron chi connectivity index (χ0n) is 33.3. The minimum absolute atomic E-state index is 0.0631. The van der Waals surface area contributed by atoms with Gasteiger partial charge in [0.15, 0.2) is 0 Å². The Labute approximate surface area is 323 Å². The first-order valence-electron chi connectivity index (χ1n) is 20.5. The van der Waals surface area contributed by atoms with Crippen LogP contribution in [0.3, 0.4) is 0 Å². The molecule has 0 heterocycles. The monoisotopic (exact) mass is 766 g/mol. The van der Waals surface area contributed by atoms with Crippen LogP contribution in [0.15, 0.2) is 72.9 Å². The Hall–Kier alpha value is -2.10. The lowest BCUT2D eigenvalue weighted by molar-refractivity contribution is -0.154. The van der Waals surface area contributed by atoms with Crippen molar-refractivity contribution in [2.75, 3.05) is 33.0 Å². The summed E-state index contributed by atoms with van der Waals surface area (Å²) in [4.78, 5) is 22.4. The van der Waals surface area contributed by atoms with Crippen LogP contribution in [-0.2, 0) is 27.9 Å². The van der Waals surface area contributed by atoms with Gasteiger partial charge in [-0.25, -0.2) is 4.57 Å². The Morgan fingerprint density at radius 2 is 1.25 bits per heavy atom. The van der Waals surface area contributed by atoms with Crippen molar-refractivity contribution in [2.24, 2.45) is 5.73 Å². The Kier molecular flexibility index (Phi) is 38.0. The van der Waals surface area contributed by atoms with E-state index in [1.54, 1.807) is 6.08 Å². The van der Waals surface area contributed by atoms with Gasteiger partial charge < -0.3 is 25.2 Å². The molecule has 0 aromatic carbocycles. The molecule has 0 saturated carbocycles. The number of rotatable bonds is 38. The molecule has 4 N–H and O–H groups in total. The van der Waals surface area contributed by atoms with E-state index < -0.39 is 26.0 Å². The van der Waals surface area contributed by atoms with Crippen LogP contribution in [0, 0.1) is 0 Å². The second-order valence-electron chi connectivity index (χ2n) is 13.3. The summed E-state index contributed by atoms with van der Waals surface area (Å²) in [6.45, 7) is 4.59. The van der Waals surface area contributed by atoms with Gasteiger partial charge in [0, 0.05) is 19.6 Å². The van der Waals surface area contributed by atoms with E-state index in [0.29, 0.717) is 25.9 Å². The Morgan fingerprint density at radius 3 is 1.87 bits per heavy atom. The van der Waals surface area contributed by atoms with Gasteiger partial charge in [-0.05, 0) is 44.9 Å². The van der Waals surface area contributed by atoms with E-state index in [2.05, 4.69) is 44.2 Å². The van der Waals surface area contributed by atoms with Gasteiger partial charge in [-0.1, -0.05) is 170 Å². The van der Waals surface area contributed by atoms with Gasteiger partial charge in [-0.3, -0.25) is 13.8 Å². The van der Waals surface area contributed by atoms with Crippen LogP contribution >= 0.6 is 7.82 Å². The molecule has 0 aliphatic heterocycles. The van der Waals surface area contributed by atoms with Gasteiger partial charge >= 0.3 is 13.8 Å². The number of carbonyl (C=O) groups excluding carboxylic acids is 1. The Balaban J connectivity index is 4.29.